The number of benzene rings is 2. The predicted molar refractivity (Wildman–Crippen MR) is 138 cm³/mol. The summed E-state index contributed by atoms with van der Waals surface area (Å²) >= 11 is 17.1. The van der Waals surface area contributed by atoms with Crippen LogP contribution in [0.2, 0.25) is 0 Å². The van der Waals surface area contributed by atoms with Gasteiger partial charge in [-0.2, -0.15) is 0 Å². The smallest absolute Gasteiger partial charge is 0.407 e. The monoisotopic (exact) mass is 539 g/mol. The number of alkyl carbamates (subject to hydrolysis) is 1. The van der Waals surface area contributed by atoms with Crippen LogP contribution in [0.5, 0.6) is 0 Å². The Bertz CT molecular complexity index is 1040. The molecule has 0 radical (unpaired) electrons. The van der Waals surface area contributed by atoms with Gasteiger partial charge in [-0.1, -0.05) is 89.4 Å². The zero-order chi connectivity index (χ0) is 25.8. The van der Waals surface area contributed by atoms with Gasteiger partial charge in [0.1, 0.15) is 13.2 Å². The molecule has 9 heteroatoms. The quantitative estimate of drug-likeness (QED) is 0.234. The van der Waals surface area contributed by atoms with Crippen LogP contribution in [0.4, 0.5) is 4.79 Å². The molecule has 2 aromatic carbocycles. The number of hydrogen-bond donors (Lipinski definition) is 1. The van der Waals surface area contributed by atoms with Crippen LogP contribution in [0, 0.1) is 0 Å². The van der Waals surface area contributed by atoms with Crippen LogP contribution in [-0.2, 0) is 19.0 Å². The third-order valence-electron chi connectivity index (χ3n) is 5.70. The lowest BCUT2D eigenvalue weighted by Crippen LogP contribution is -2.51. The Morgan fingerprint density at radius 1 is 1.03 bits per heavy atom. The highest BCUT2D eigenvalue weighted by atomic mass is 35.6. The lowest BCUT2D eigenvalue weighted by Gasteiger charge is -2.30. The second kappa shape index (κ2) is 11.2. The first-order valence-corrected chi connectivity index (χ1v) is 12.2. The standard InChI is InChI=1S/C26H28Cl3NO5/c1-5-25(3,4)35-16(2)22(23(31)34-15-26(27,28)29)30-24(32)33-14-21-19-12-8-6-10-17(19)18-11-7-9-13-20(18)21/h5-13,16,21-22H,1,14-15H2,2-4H3,(H,30,32)/t16-,22+/m1/s1. The first-order valence-electron chi connectivity index (χ1n) is 11.1. The molecule has 3 rings (SSSR count). The van der Waals surface area contributed by atoms with Crippen molar-refractivity contribution < 1.29 is 23.8 Å². The molecule has 0 heterocycles. The van der Waals surface area contributed by atoms with Crippen molar-refractivity contribution in [2.45, 2.75) is 48.2 Å². The Balaban J connectivity index is 1.71. The van der Waals surface area contributed by atoms with Gasteiger partial charge < -0.3 is 19.5 Å². The summed E-state index contributed by atoms with van der Waals surface area (Å²) in [5.41, 5.74) is 3.60. The Morgan fingerprint density at radius 3 is 2.09 bits per heavy atom. The maximum atomic E-state index is 12.8. The second-order valence-corrected chi connectivity index (χ2v) is 11.3. The molecule has 35 heavy (non-hydrogen) atoms. The van der Waals surface area contributed by atoms with Crippen LogP contribution in [0.3, 0.4) is 0 Å². The molecule has 0 aliphatic heterocycles. The molecular weight excluding hydrogens is 513 g/mol. The predicted octanol–water partition coefficient (Wildman–Crippen LogP) is 6.18. The van der Waals surface area contributed by atoms with Crippen LogP contribution in [0.25, 0.3) is 11.1 Å². The van der Waals surface area contributed by atoms with Crippen molar-refractivity contribution in [2.24, 2.45) is 0 Å². The van der Waals surface area contributed by atoms with Crippen molar-refractivity contribution in [1.82, 2.24) is 5.32 Å². The number of carbonyl (C=O) groups excluding carboxylic acids is 2. The number of nitrogens with one attached hydrogen (secondary N) is 1. The van der Waals surface area contributed by atoms with Crippen LogP contribution < -0.4 is 5.32 Å². The number of carbonyl (C=O) groups is 2. The molecule has 0 fully saturated rings. The third kappa shape index (κ3) is 7.14. The highest BCUT2D eigenvalue weighted by Gasteiger charge is 2.35. The zero-order valence-corrected chi connectivity index (χ0v) is 22.0. The maximum Gasteiger partial charge on any atom is 0.407 e. The van der Waals surface area contributed by atoms with Gasteiger partial charge in [-0.15, -0.1) is 6.58 Å². The summed E-state index contributed by atoms with van der Waals surface area (Å²) in [6.07, 6.45) is -0.0125. The third-order valence-corrected chi connectivity index (χ3v) is 6.03. The molecule has 0 spiro atoms. The minimum atomic E-state index is -1.80. The molecule has 0 aromatic heterocycles. The number of hydrogen-bond acceptors (Lipinski definition) is 5. The van der Waals surface area contributed by atoms with E-state index in [1.807, 2.05) is 48.5 Å². The van der Waals surface area contributed by atoms with Crippen LogP contribution in [0.1, 0.15) is 37.8 Å². The van der Waals surface area contributed by atoms with Crippen molar-refractivity contribution >= 4 is 46.9 Å². The Morgan fingerprint density at radius 2 is 1.57 bits per heavy atom. The normalized spacial score (nSPS) is 14.9. The molecule has 2 aromatic rings. The van der Waals surface area contributed by atoms with Gasteiger partial charge >= 0.3 is 12.1 Å². The van der Waals surface area contributed by atoms with E-state index < -0.39 is 40.2 Å². The molecule has 0 bridgehead atoms. The van der Waals surface area contributed by atoms with Crippen molar-refractivity contribution in [3.05, 3.63) is 72.3 Å². The average molecular weight is 541 g/mol. The molecule has 188 valence electrons. The summed E-state index contributed by atoms with van der Waals surface area (Å²) in [7, 11) is 0. The number of ether oxygens (including phenoxy) is 3. The fraction of sp³-hybridized carbons (Fsp3) is 0.385. The molecule has 1 amide bonds. The Labute approximate surface area is 220 Å². The summed E-state index contributed by atoms with van der Waals surface area (Å²) in [4.78, 5) is 25.5. The van der Waals surface area contributed by atoms with Gasteiger partial charge in [0.25, 0.3) is 0 Å². The van der Waals surface area contributed by atoms with E-state index in [-0.39, 0.29) is 12.5 Å². The second-order valence-electron chi connectivity index (χ2n) is 8.80. The fourth-order valence-corrected chi connectivity index (χ4v) is 4.14. The van der Waals surface area contributed by atoms with E-state index in [1.165, 1.54) is 0 Å². The van der Waals surface area contributed by atoms with Crippen molar-refractivity contribution in [3.63, 3.8) is 0 Å². The zero-order valence-electron chi connectivity index (χ0n) is 19.7. The topological polar surface area (TPSA) is 73.9 Å². The van der Waals surface area contributed by atoms with E-state index in [0.717, 1.165) is 22.3 Å². The van der Waals surface area contributed by atoms with Gasteiger partial charge in [0.05, 0.1) is 11.7 Å². The fourth-order valence-electron chi connectivity index (χ4n) is 3.97. The van der Waals surface area contributed by atoms with Crippen molar-refractivity contribution in [3.8, 4) is 11.1 Å². The molecule has 1 N–H and O–H groups in total. The molecule has 1 aliphatic rings. The molecular formula is C26H28Cl3NO5. The highest BCUT2D eigenvalue weighted by molar-refractivity contribution is 6.67. The van der Waals surface area contributed by atoms with Gasteiger partial charge in [0, 0.05) is 5.92 Å². The van der Waals surface area contributed by atoms with Gasteiger partial charge in [-0.3, -0.25) is 0 Å². The molecule has 0 saturated carbocycles. The summed E-state index contributed by atoms with van der Waals surface area (Å²) in [6, 6.07) is 14.8. The van der Waals surface area contributed by atoms with Gasteiger partial charge in [-0.25, -0.2) is 9.59 Å². The molecule has 6 nitrogen and oxygen atoms in total. The Hall–Kier alpha value is -2.25. The first-order chi connectivity index (χ1) is 16.4. The summed E-state index contributed by atoms with van der Waals surface area (Å²) < 4.78 is 14.7. The van der Waals surface area contributed by atoms with E-state index in [2.05, 4.69) is 11.9 Å². The molecule has 1 aliphatic carbocycles. The van der Waals surface area contributed by atoms with Gasteiger partial charge in [0.15, 0.2) is 6.04 Å². The average Bonchev–Trinajstić information content (AvgIpc) is 3.12. The van der Waals surface area contributed by atoms with E-state index in [1.54, 1.807) is 26.8 Å². The van der Waals surface area contributed by atoms with E-state index in [0.29, 0.717) is 0 Å². The van der Waals surface area contributed by atoms with Gasteiger partial charge in [0.2, 0.25) is 3.79 Å². The maximum absolute atomic E-state index is 12.8. The van der Waals surface area contributed by atoms with Crippen molar-refractivity contribution in [2.75, 3.05) is 13.2 Å². The Kier molecular flexibility index (Phi) is 8.76. The lowest BCUT2D eigenvalue weighted by atomic mass is 9.98. The van der Waals surface area contributed by atoms with Crippen molar-refractivity contribution in [1.29, 1.82) is 0 Å². The van der Waals surface area contributed by atoms with Crippen LogP contribution in [0.15, 0.2) is 61.2 Å². The first kappa shape index (κ1) is 27.3. The number of amides is 1. The van der Waals surface area contributed by atoms with E-state index in [9.17, 15) is 9.59 Å². The van der Waals surface area contributed by atoms with E-state index in [4.69, 9.17) is 49.0 Å². The number of rotatable bonds is 9. The highest BCUT2D eigenvalue weighted by Crippen LogP contribution is 2.44. The van der Waals surface area contributed by atoms with Gasteiger partial charge in [-0.05, 0) is 43.0 Å². The number of alkyl halides is 3. The largest absolute Gasteiger partial charge is 0.460 e. The number of fused-ring (bicyclic) bond motifs is 3. The SMILES string of the molecule is C=CC(C)(C)O[C@H](C)[C@H](NC(=O)OCC1c2ccccc2-c2ccccc21)C(=O)OCC(Cl)(Cl)Cl. The molecule has 2 atom stereocenters. The minimum absolute atomic E-state index is 0.0865. The summed E-state index contributed by atoms with van der Waals surface area (Å²) in [5, 5.41) is 2.55. The molecule has 0 saturated heterocycles. The summed E-state index contributed by atoms with van der Waals surface area (Å²) in [5.74, 6) is -0.950. The molecule has 0 unspecified atom stereocenters. The number of halogens is 3. The van der Waals surface area contributed by atoms with Crippen LogP contribution in [-0.4, -0.2) is 46.8 Å². The number of esters is 1. The van der Waals surface area contributed by atoms with E-state index >= 15 is 0 Å². The minimum Gasteiger partial charge on any atom is -0.460 e. The summed E-state index contributed by atoms with van der Waals surface area (Å²) in [6.45, 7) is 8.49. The van der Waals surface area contributed by atoms with Crippen LogP contribution >= 0.6 is 34.8 Å². The lowest BCUT2D eigenvalue weighted by molar-refractivity contribution is -0.152.